The van der Waals surface area contributed by atoms with Gasteiger partial charge in [0.05, 0.1) is 6.20 Å². The summed E-state index contributed by atoms with van der Waals surface area (Å²) in [5, 5.41) is 10.8. The Morgan fingerprint density at radius 2 is 2.56 bits per heavy atom. The van der Waals surface area contributed by atoms with Crippen LogP contribution in [-0.2, 0) is 11.3 Å². The standard InChI is InChI=1S/C10H17N5O/c1-14(9-3-2-4-11-7-9)10(16)8-15-6-5-12-13-15/h5-6,9,11H,2-4,7-8H2,1H3. The number of piperidine rings is 1. The Labute approximate surface area is 94.6 Å². The maximum Gasteiger partial charge on any atom is 0.244 e. The Morgan fingerprint density at radius 3 is 3.19 bits per heavy atom. The molecule has 1 aromatic rings. The SMILES string of the molecule is CN(C(=O)Cn1ccnn1)C1CCCNC1. The summed E-state index contributed by atoms with van der Waals surface area (Å²) < 4.78 is 1.55. The zero-order valence-corrected chi connectivity index (χ0v) is 9.46. The Hall–Kier alpha value is -1.43. The lowest BCUT2D eigenvalue weighted by molar-refractivity contribution is -0.133. The minimum absolute atomic E-state index is 0.0826. The van der Waals surface area contributed by atoms with Gasteiger partial charge in [-0.2, -0.15) is 0 Å². The summed E-state index contributed by atoms with van der Waals surface area (Å²) in [6.45, 7) is 2.22. The summed E-state index contributed by atoms with van der Waals surface area (Å²) in [6, 6.07) is 0.310. The van der Waals surface area contributed by atoms with Crippen molar-refractivity contribution in [1.82, 2.24) is 25.2 Å². The average Bonchev–Trinajstić information content (AvgIpc) is 2.82. The molecule has 1 atom stereocenters. The lowest BCUT2D eigenvalue weighted by atomic mass is 10.1. The predicted octanol–water partition coefficient (Wildman–Crippen LogP) is -0.511. The number of aromatic nitrogens is 3. The van der Waals surface area contributed by atoms with Crippen LogP contribution in [0.1, 0.15) is 12.8 Å². The first-order chi connectivity index (χ1) is 7.77. The third-order valence-electron chi connectivity index (χ3n) is 2.98. The number of carbonyl (C=O) groups excluding carboxylic acids is 1. The number of nitrogens with one attached hydrogen (secondary N) is 1. The number of nitrogens with zero attached hydrogens (tertiary/aromatic N) is 4. The number of amides is 1. The Kier molecular flexibility index (Phi) is 3.51. The summed E-state index contributed by atoms with van der Waals surface area (Å²) in [5.41, 5.74) is 0. The zero-order chi connectivity index (χ0) is 11.4. The van der Waals surface area contributed by atoms with Gasteiger partial charge in [-0.3, -0.25) is 4.79 Å². The van der Waals surface area contributed by atoms with Gasteiger partial charge in [-0.15, -0.1) is 5.10 Å². The number of hydrogen-bond donors (Lipinski definition) is 1. The number of hydrogen-bond acceptors (Lipinski definition) is 4. The predicted molar refractivity (Wildman–Crippen MR) is 58.7 cm³/mol. The highest BCUT2D eigenvalue weighted by Crippen LogP contribution is 2.08. The molecule has 0 aliphatic carbocycles. The van der Waals surface area contributed by atoms with Gasteiger partial charge in [0.25, 0.3) is 0 Å². The lowest BCUT2D eigenvalue weighted by Crippen LogP contribution is -2.47. The van der Waals surface area contributed by atoms with Crippen LogP contribution in [0.3, 0.4) is 0 Å². The highest BCUT2D eigenvalue weighted by Gasteiger charge is 2.21. The van der Waals surface area contributed by atoms with E-state index in [1.54, 1.807) is 17.1 Å². The summed E-state index contributed by atoms with van der Waals surface area (Å²) in [4.78, 5) is 13.7. The molecule has 88 valence electrons. The van der Waals surface area contributed by atoms with Gasteiger partial charge in [0.1, 0.15) is 6.54 Å². The first-order valence-corrected chi connectivity index (χ1v) is 5.58. The molecule has 1 unspecified atom stereocenters. The molecule has 0 aromatic carbocycles. The van der Waals surface area contributed by atoms with E-state index in [0.717, 1.165) is 25.9 Å². The summed E-state index contributed by atoms with van der Waals surface area (Å²) in [7, 11) is 1.86. The second kappa shape index (κ2) is 5.07. The zero-order valence-electron chi connectivity index (χ0n) is 9.46. The van der Waals surface area contributed by atoms with Gasteiger partial charge in [0.2, 0.25) is 5.91 Å². The van der Waals surface area contributed by atoms with Crippen molar-refractivity contribution in [2.45, 2.75) is 25.4 Å². The fourth-order valence-electron chi connectivity index (χ4n) is 1.93. The third-order valence-corrected chi connectivity index (χ3v) is 2.98. The highest BCUT2D eigenvalue weighted by molar-refractivity contribution is 5.75. The maximum atomic E-state index is 11.9. The largest absolute Gasteiger partial charge is 0.340 e. The van der Waals surface area contributed by atoms with Crippen molar-refractivity contribution in [1.29, 1.82) is 0 Å². The molecule has 1 amide bonds. The van der Waals surface area contributed by atoms with Crippen LogP contribution in [0.2, 0.25) is 0 Å². The second-order valence-electron chi connectivity index (χ2n) is 4.11. The van der Waals surface area contributed by atoms with E-state index in [0.29, 0.717) is 6.04 Å². The maximum absolute atomic E-state index is 11.9. The fourth-order valence-corrected chi connectivity index (χ4v) is 1.93. The van der Waals surface area contributed by atoms with Crippen LogP contribution in [0.4, 0.5) is 0 Å². The summed E-state index contributed by atoms with van der Waals surface area (Å²) >= 11 is 0. The Morgan fingerprint density at radius 1 is 1.69 bits per heavy atom. The third kappa shape index (κ3) is 2.57. The van der Waals surface area contributed by atoms with Crippen molar-refractivity contribution in [3.63, 3.8) is 0 Å². The van der Waals surface area contributed by atoms with Crippen LogP contribution in [0.5, 0.6) is 0 Å². The number of rotatable bonds is 3. The molecule has 1 saturated heterocycles. The summed E-state index contributed by atoms with van der Waals surface area (Å²) in [5.74, 6) is 0.0826. The van der Waals surface area contributed by atoms with Crippen molar-refractivity contribution in [3.8, 4) is 0 Å². The van der Waals surface area contributed by atoms with Crippen LogP contribution in [0.25, 0.3) is 0 Å². The smallest absolute Gasteiger partial charge is 0.244 e. The van der Waals surface area contributed by atoms with E-state index >= 15 is 0 Å². The molecular formula is C10H17N5O. The second-order valence-corrected chi connectivity index (χ2v) is 4.11. The van der Waals surface area contributed by atoms with Crippen LogP contribution in [-0.4, -0.2) is 52.0 Å². The summed E-state index contributed by atoms with van der Waals surface area (Å²) in [6.07, 6.45) is 5.48. The molecule has 2 heterocycles. The molecular weight excluding hydrogens is 206 g/mol. The van der Waals surface area contributed by atoms with Crippen molar-refractivity contribution in [2.24, 2.45) is 0 Å². The van der Waals surface area contributed by atoms with Gasteiger partial charge in [-0.1, -0.05) is 5.21 Å². The molecule has 0 saturated carbocycles. The van der Waals surface area contributed by atoms with Crippen LogP contribution >= 0.6 is 0 Å². The molecule has 1 fully saturated rings. The first kappa shape index (κ1) is 11.1. The van der Waals surface area contributed by atoms with E-state index in [-0.39, 0.29) is 12.5 Å². The molecule has 0 bridgehead atoms. The van der Waals surface area contributed by atoms with E-state index < -0.39 is 0 Å². The number of likely N-dealkylation sites (N-methyl/N-ethyl adjacent to an activating group) is 1. The molecule has 1 aliphatic heterocycles. The van der Waals surface area contributed by atoms with E-state index in [4.69, 9.17) is 0 Å². The van der Waals surface area contributed by atoms with Gasteiger partial charge in [-0.05, 0) is 19.4 Å². The molecule has 1 aromatic heterocycles. The minimum Gasteiger partial charge on any atom is -0.340 e. The lowest BCUT2D eigenvalue weighted by Gasteiger charge is -2.31. The van der Waals surface area contributed by atoms with Crippen LogP contribution < -0.4 is 5.32 Å². The van der Waals surface area contributed by atoms with Crippen LogP contribution in [0, 0.1) is 0 Å². The first-order valence-electron chi connectivity index (χ1n) is 5.58. The molecule has 6 heteroatoms. The fraction of sp³-hybridized carbons (Fsp3) is 0.700. The van der Waals surface area contributed by atoms with E-state index in [1.165, 1.54) is 0 Å². The monoisotopic (exact) mass is 223 g/mol. The molecule has 16 heavy (non-hydrogen) atoms. The molecule has 1 N–H and O–H groups in total. The van der Waals surface area contributed by atoms with Crippen LogP contribution in [0.15, 0.2) is 12.4 Å². The molecule has 0 spiro atoms. The quantitative estimate of drug-likeness (QED) is 0.749. The van der Waals surface area contributed by atoms with Crippen molar-refractivity contribution in [2.75, 3.05) is 20.1 Å². The normalized spacial score (nSPS) is 20.7. The van der Waals surface area contributed by atoms with Crippen molar-refractivity contribution < 1.29 is 4.79 Å². The highest BCUT2D eigenvalue weighted by atomic mass is 16.2. The van der Waals surface area contributed by atoms with Crippen molar-refractivity contribution in [3.05, 3.63) is 12.4 Å². The van der Waals surface area contributed by atoms with Gasteiger partial charge < -0.3 is 10.2 Å². The molecule has 2 rings (SSSR count). The van der Waals surface area contributed by atoms with Crippen molar-refractivity contribution >= 4 is 5.91 Å². The van der Waals surface area contributed by atoms with E-state index in [2.05, 4.69) is 15.6 Å². The topological polar surface area (TPSA) is 63.1 Å². The van der Waals surface area contributed by atoms with Gasteiger partial charge in [0.15, 0.2) is 0 Å². The average molecular weight is 223 g/mol. The van der Waals surface area contributed by atoms with Gasteiger partial charge in [0, 0.05) is 25.8 Å². The Bertz CT molecular complexity index is 331. The molecule has 0 radical (unpaired) electrons. The Balaban J connectivity index is 1.88. The molecule has 6 nitrogen and oxygen atoms in total. The number of carbonyl (C=O) groups is 1. The van der Waals surface area contributed by atoms with Gasteiger partial charge >= 0.3 is 0 Å². The minimum atomic E-state index is 0.0826. The molecule has 1 aliphatic rings. The van der Waals surface area contributed by atoms with Gasteiger partial charge in [-0.25, -0.2) is 4.68 Å². The van der Waals surface area contributed by atoms with E-state index in [9.17, 15) is 4.79 Å². The van der Waals surface area contributed by atoms with E-state index in [1.807, 2.05) is 11.9 Å².